The Morgan fingerprint density at radius 3 is 2.73 bits per heavy atom. The number of nitrogens with one attached hydrogen (secondary N) is 1. The highest BCUT2D eigenvalue weighted by Gasteiger charge is 2.27. The third-order valence-corrected chi connectivity index (χ3v) is 3.30. The van der Waals surface area contributed by atoms with Crippen LogP contribution in [0.5, 0.6) is 0 Å². The van der Waals surface area contributed by atoms with Gasteiger partial charge in [-0.05, 0) is 19.3 Å². The number of hydrogen-bond donors (Lipinski definition) is 1. The average molecular weight is 208 g/mol. The van der Waals surface area contributed by atoms with Crippen molar-refractivity contribution in [2.75, 3.05) is 19.6 Å². The Balaban J connectivity index is 2.55. The van der Waals surface area contributed by atoms with Crippen LogP contribution in [0.3, 0.4) is 0 Å². The Labute approximate surface area is 94.4 Å². The zero-order chi connectivity index (χ0) is 11.3. The van der Waals surface area contributed by atoms with E-state index in [1.165, 1.54) is 6.42 Å². The van der Waals surface area contributed by atoms with Crippen LogP contribution in [-0.2, 0) is 0 Å². The summed E-state index contributed by atoms with van der Waals surface area (Å²) in [5, 5.41) is 3.64. The standard InChI is InChI=1S/C13H24N2/c1-5-7-8-15-10-13(11(3)4)14-9-12(15)6-2/h11-14H,6,8-10H2,1-4H3. The third-order valence-electron chi connectivity index (χ3n) is 3.30. The van der Waals surface area contributed by atoms with Crippen molar-refractivity contribution < 1.29 is 0 Å². The van der Waals surface area contributed by atoms with E-state index in [1.54, 1.807) is 0 Å². The maximum atomic E-state index is 3.64. The van der Waals surface area contributed by atoms with Crippen molar-refractivity contribution in [1.82, 2.24) is 10.2 Å². The molecule has 1 fully saturated rings. The van der Waals surface area contributed by atoms with Crippen molar-refractivity contribution in [2.24, 2.45) is 5.92 Å². The van der Waals surface area contributed by atoms with Gasteiger partial charge in [-0.25, -0.2) is 0 Å². The van der Waals surface area contributed by atoms with E-state index < -0.39 is 0 Å². The van der Waals surface area contributed by atoms with E-state index in [0.717, 1.165) is 19.6 Å². The average Bonchev–Trinajstić information content (AvgIpc) is 2.25. The zero-order valence-electron chi connectivity index (χ0n) is 10.5. The quantitative estimate of drug-likeness (QED) is 0.710. The Hall–Kier alpha value is -0.520. The van der Waals surface area contributed by atoms with E-state index in [-0.39, 0.29) is 0 Å². The Morgan fingerprint density at radius 1 is 1.47 bits per heavy atom. The van der Waals surface area contributed by atoms with Gasteiger partial charge in [0.25, 0.3) is 0 Å². The van der Waals surface area contributed by atoms with E-state index in [1.807, 2.05) is 6.92 Å². The summed E-state index contributed by atoms with van der Waals surface area (Å²) in [6.07, 6.45) is 1.21. The molecule has 1 aliphatic heterocycles. The number of nitrogens with zero attached hydrogens (tertiary/aromatic N) is 1. The van der Waals surface area contributed by atoms with Crippen LogP contribution in [-0.4, -0.2) is 36.6 Å². The van der Waals surface area contributed by atoms with Gasteiger partial charge in [0.15, 0.2) is 0 Å². The lowest BCUT2D eigenvalue weighted by Gasteiger charge is -2.40. The van der Waals surface area contributed by atoms with Gasteiger partial charge in [0, 0.05) is 25.2 Å². The third kappa shape index (κ3) is 3.52. The molecule has 1 aliphatic rings. The van der Waals surface area contributed by atoms with E-state index in [0.29, 0.717) is 18.0 Å². The Kier molecular flexibility index (Phi) is 5.14. The van der Waals surface area contributed by atoms with Gasteiger partial charge in [0.05, 0.1) is 6.54 Å². The van der Waals surface area contributed by atoms with Crippen LogP contribution in [0, 0.1) is 17.8 Å². The highest BCUT2D eigenvalue weighted by atomic mass is 15.2. The lowest BCUT2D eigenvalue weighted by Crippen LogP contribution is -2.57. The van der Waals surface area contributed by atoms with E-state index in [2.05, 4.69) is 42.8 Å². The molecular weight excluding hydrogens is 184 g/mol. The minimum atomic E-state index is 0.631. The molecular formula is C13H24N2. The fraction of sp³-hybridized carbons (Fsp3) is 0.846. The molecule has 0 aromatic carbocycles. The largest absolute Gasteiger partial charge is 0.311 e. The van der Waals surface area contributed by atoms with Gasteiger partial charge >= 0.3 is 0 Å². The van der Waals surface area contributed by atoms with Crippen LogP contribution >= 0.6 is 0 Å². The van der Waals surface area contributed by atoms with Gasteiger partial charge in [-0.3, -0.25) is 4.90 Å². The maximum absolute atomic E-state index is 3.64. The highest BCUT2D eigenvalue weighted by molar-refractivity contribution is 5.00. The van der Waals surface area contributed by atoms with Crippen molar-refractivity contribution >= 4 is 0 Å². The number of piperazine rings is 1. The molecule has 0 radical (unpaired) electrons. The first-order valence-corrected chi connectivity index (χ1v) is 6.06. The lowest BCUT2D eigenvalue weighted by molar-refractivity contribution is 0.125. The van der Waals surface area contributed by atoms with E-state index in [4.69, 9.17) is 0 Å². The molecule has 15 heavy (non-hydrogen) atoms. The van der Waals surface area contributed by atoms with Crippen molar-refractivity contribution in [3.63, 3.8) is 0 Å². The summed E-state index contributed by atoms with van der Waals surface area (Å²) in [5.41, 5.74) is 0. The normalized spacial score (nSPS) is 27.5. The fourth-order valence-electron chi connectivity index (χ4n) is 2.11. The molecule has 0 aromatic heterocycles. The topological polar surface area (TPSA) is 15.3 Å². The van der Waals surface area contributed by atoms with Crippen LogP contribution < -0.4 is 5.32 Å². The second-order valence-corrected chi connectivity index (χ2v) is 4.68. The first kappa shape index (κ1) is 12.5. The van der Waals surface area contributed by atoms with E-state index >= 15 is 0 Å². The second kappa shape index (κ2) is 6.15. The van der Waals surface area contributed by atoms with E-state index in [9.17, 15) is 0 Å². The lowest BCUT2D eigenvalue weighted by atomic mass is 9.98. The van der Waals surface area contributed by atoms with Crippen molar-refractivity contribution in [1.29, 1.82) is 0 Å². The van der Waals surface area contributed by atoms with Gasteiger partial charge in [-0.1, -0.05) is 26.7 Å². The molecule has 0 bridgehead atoms. The molecule has 1 N–H and O–H groups in total. The molecule has 1 rings (SSSR count). The predicted octanol–water partition coefficient (Wildman–Crippen LogP) is 1.72. The molecule has 1 heterocycles. The minimum Gasteiger partial charge on any atom is -0.311 e. The fourth-order valence-corrected chi connectivity index (χ4v) is 2.11. The van der Waals surface area contributed by atoms with Gasteiger partial charge in [0.2, 0.25) is 0 Å². The molecule has 1 saturated heterocycles. The monoisotopic (exact) mass is 208 g/mol. The molecule has 2 unspecified atom stereocenters. The second-order valence-electron chi connectivity index (χ2n) is 4.68. The summed E-state index contributed by atoms with van der Waals surface area (Å²) in [6.45, 7) is 11.9. The van der Waals surface area contributed by atoms with Gasteiger partial charge in [0.1, 0.15) is 0 Å². The molecule has 0 spiro atoms. The molecule has 0 aromatic rings. The molecule has 86 valence electrons. The van der Waals surface area contributed by atoms with Gasteiger partial charge in [-0.15, -0.1) is 5.92 Å². The maximum Gasteiger partial charge on any atom is 0.0604 e. The summed E-state index contributed by atoms with van der Waals surface area (Å²) in [7, 11) is 0. The molecule has 0 saturated carbocycles. The van der Waals surface area contributed by atoms with Crippen molar-refractivity contribution in [3.8, 4) is 11.8 Å². The summed E-state index contributed by atoms with van der Waals surface area (Å²) in [5.74, 6) is 6.89. The van der Waals surface area contributed by atoms with Gasteiger partial charge in [-0.2, -0.15) is 0 Å². The molecule has 0 aliphatic carbocycles. The summed E-state index contributed by atoms with van der Waals surface area (Å²) >= 11 is 0. The van der Waals surface area contributed by atoms with Crippen LogP contribution in [0.25, 0.3) is 0 Å². The van der Waals surface area contributed by atoms with Crippen LogP contribution in [0.4, 0.5) is 0 Å². The van der Waals surface area contributed by atoms with Crippen LogP contribution in [0.1, 0.15) is 34.1 Å². The number of hydrogen-bond acceptors (Lipinski definition) is 2. The SMILES string of the molecule is CC#CCN1CC(C(C)C)NCC1CC. The molecule has 2 nitrogen and oxygen atoms in total. The minimum absolute atomic E-state index is 0.631. The number of rotatable bonds is 3. The molecule has 2 heteroatoms. The van der Waals surface area contributed by atoms with Crippen LogP contribution in [0.2, 0.25) is 0 Å². The molecule has 0 amide bonds. The predicted molar refractivity (Wildman–Crippen MR) is 65.7 cm³/mol. The summed E-state index contributed by atoms with van der Waals surface area (Å²) in [6, 6.07) is 1.30. The first-order valence-electron chi connectivity index (χ1n) is 6.06. The Bertz CT molecular complexity index is 237. The highest BCUT2D eigenvalue weighted by Crippen LogP contribution is 2.14. The van der Waals surface area contributed by atoms with Crippen molar-refractivity contribution in [3.05, 3.63) is 0 Å². The zero-order valence-corrected chi connectivity index (χ0v) is 10.5. The van der Waals surface area contributed by atoms with Crippen LogP contribution in [0.15, 0.2) is 0 Å². The summed E-state index contributed by atoms with van der Waals surface area (Å²) < 4.78 is 0. The first-order chi connectivity index (χ1) is 7.19. The molecule has 2 atom stereocenters. The Morgan fingerprint density at radius 2 is 2.20 bits per heavy atom. The van der Waals surface area contributed by atoms with Crippen molar-refractivity contribution in [2.45, 2.75) is 46.2 Å². The van der Waals surface area contributed by atoms with Gasteiger partial charge < -0.3 is 5.32 Å². The summed E-state index contributed by atoms with van der Waals surface area (Å²) in [4.78, 5) is 2.53. The smallest absolute Gasteiger partial charge is 0.0604 e.